The van der Waals surface area contributed by atoms with Gasteiger partial charge in [-0.1, -0.05) is 0 Å². The van der Waals surface area contributed by atoms with Crippen LogP contribution in [-0.2, 0) is 14.3 Å². The fourth-order valence-electron chi connectivity index (χ4n) is 1.59. The second-order valence-corrected chi connectivity index (χ2v) is 3.52. The number of hydrogen-bond donors (Lipinski definition) is 1. The van der Waals surface area contributed by atoms with Crippen LogP contribution in [0.15, 0.2) is 0 Å². The molecule has 1 heterocycles. The number of aliphatic hydroxyl groups is 1. The van der Waals surface area contributed by atoms with Crippen molar-refractivity contribution in [1.29, 1.82) is 0 Å². The molecule has 5 heteroatoms. The third-order valence-electron chi connectivity index (χ3n) is 2.30. The first-order chi connectivity index (χ1) is 6.65. The van der Waals surface area contributed by atoms with Crippen LogP contribution in [0.4, 0.5) is 0 Å². The Morgan fingerprint density at radius 1 is 1.79 bits per heavy atom. The molecule has 2 atom stereocenters. The zero-order valence-electron chi connectivity index (χ0n) is 8.60. The van der Waals surface area contributed by atoms with Crippen molar-refractivity contribution in [1.82, 2.24) is 4.90 Å². The molecule has 1 rings (SSSR count). The lowest BCUT2D eigenvalue weighted by molar-refractivity contribution is -0.142. The first-order valence-corrected chi connectivity index (χ1v) is 4.69. The van der Waals surface area contributed by atoms with Gasteiger partial charge in [0.2, 0.25) is 0 Å². The first kappa shape index (κ1) is 11.4. The van der Waals surface area contributed by atoms with Crippen LogP contribution in [0.3, 0.4) is 0 Å². The second kappa shape index (κ2) is 5.29. The van der Waals surface area contributed by atoms with Gasteiger partial charge in [-0.2, -0.15) is 0 Å². The molecule has 0 aliphatic carbocycles. The molecule has 0 aromatic heterocycles. The molecule has 0 aromatic rings. The number of hydrogen-bond acceptors (Lipinski definition) is 5. The van der Waals surface area contributed by atoms with Crippen molar-refractivity contribution in [2.24, 2.45) is 0 Å². The van der Waals surface area contributed by atoms with Crippen LogP contribution in [0.5, 0.6) is 0 Å². The fraction of sp³-hybridized carbons (Fsp3) is 0.889. The summed E-state index contributed by atoms with van der Waals surface area (Å²) in [5, 5.41) is 9.45. The van der Waals surface area contributed by atoms with Crippen molar-refractivity contribution in [2.75, 3.05) is 33.9 Å². The Kier molecular flexibility index (Phi) is 4.31. The van der Waals surface area contributed by atoms with Crippen molar-refractivity contribution in [3.63, 3.8) is 0 Å². The topological polar surface area (TPSA) is 59.0 Å². The van der Waals surface area contributed by atoms with Gasteiger partial charge in [-0.25, -0.2) is 0 Å². The molecule has 1 saturated heterocycles. The van der Waals surface area contributed by atoms with Crippen LogP contribution in [0.2, 0.25) is 0 Å². The maximum absolute atomic E-state index is 11.2. The minimum absolute atomic E-state index is 0.197. The number of carbonyl (C=O) groups excluding carboxylic acids is 1. The number of ether oxygens (including phenoxy) is 2. The van der Waals surface area contributed by atoms with Crippen molar-refractivity contribution in [3.8, 4) is 0 Å². The van der Waals surface area contributed by atoms with Gasteiger partial charge in [-0.15, -0.1) is 0 Å². The van der Waals surface area contributed by atoms with E-state index in [9.17, 15) is 9.90 Å². The van der Waals surface area contributed by atoms with Gasteiger partial charge in [0.1, 0.15) is 6.04 Å². The zero-order valence-corrected chi connectivity index (χ0v) is 8.60. The van der Waals surface area contributed by atoms with Gasteiger partial charge in [0.05, 0.1) is 19.3 Å². The van der Waals surface area contributed by atoms with E-state index in [0.717, 1.165) is 0 Å². The summed E-state index contributed by atoms with van der Waals surface area (Å²) in [6, 6.07) is -0.207. The molecule has 1 fully saturated rings. The predicted octanol–water partition coefficient (Wildman–Crippen LogP) is -0.759. The normalized spacial score (nSPS) is 24.0. The molecule has 0 radical (unpaired) electrons. The molecule has 82 valence electrons. The van der Waals surface area contributed by atoms with Gasteiger partial charge < -0.3 is 14.6 Å². The monoisotopic (exact) mass is 203 g/mol. The van der Waals surface area contributed by atoms with Crippen LogP contribution >= 0.6 is 0 Å². The summed E-state index contributed by atoms with van der Waals surface area (Å²) in [5.74, 6) is -0.197. The summed E-state index contributed by atoms with van der Waals surface area (Å²) >= 11 is 0. The van der Waals surface area contributed by atoms with Gasteiger partial charge >= 0.3 is 5.97 Å². The SMILES string of the molecule is COCC(O)CN(C)C1CCOC1=O. The van der Waals surface area contributed by atoms with Gasteiger partial charge in [0.25, 0.3) is 0 Å². The van der Waals surface area contributed by atoms with Crippen molar-refractivity contribution < 1.29 is 19.4 Å². The Bertz CT molecular complexity index is 197. The third-order valence-corrected chi connectivity index (χ3v) is 2.30. The number of nitrogens with zero attached hydrogens (tertiary/aromatic N) is 1. The van der Waals surface area contributed by atoms with E-state index in [-0.39, 0.29) is 18.6 Å². The Balaban J connectivity index is 2.33. The van der Waals surface area contributed by atoms with Crippen LogP contribution in [0.25, 0.3) is 0 Å². The Morgan fingerprint density at radius 3 is 3.00 bits per heavy atom. The van der Waals surface area contributed by atoms with E-state index in [2.05, 4.69) is 0 Å². The lowest BCUT2D eigenvalue weighted by atomic mass is 10.2. The smallest absolute Gasteiger partial charge is 0.323 e. The summed E-state index contributed by atoms with van der Waals surface area (Å²) in [7, 11) is 3.34. The van der Waals surface area contributed by atoms with Crippen molar-refractivity contribution in [2.45, 2.75) is 18.6 Å². The molecule has 2 unspecified atom stereocenters. The molecule has 14 heavy (non-hydrogen) atoms. The number of aliphatic hydroxyl groups excluding tert-OH is 1. The highest BCUT2D eigenvalue weighted by Gasteiger charge is 2.30. The van der Waals surface area contributed by atoms with E-state index in [4.69, 9.17) is 9.47 Å². The van der Waals surface area contributed by atoms with E-state index in [1.54, 1.807) is 11.9 Å². The standard InChI is InChI=1S/C9H17NO4/c1-10(5-7(11)6-13-2)8-3-4-14-9(8)12/h7-8,11H,3-6H2,1-2H3. The molecule has 0 amide bonds. The number of cyclic esters (lactones) is 1. The highest BCUT2D eigenvalue weighted by Crippen LogP contribution is 2.12. The average Bonchev–Trinajstić information content (AvgIpc) is 2.51. The van der Waals surface area contributed by atoms with E-state index in [1.165, 1.54) is 7.11 Å². The maximum Gasteiger partial charge on any atom is 0.323 e. The molecular weight excluding hydrogens is 186 g/mol. The first-order valence-electron chi connectivity index (χ1n) is 4.69. The molecular formula is C9H17NO4. The molecule has 5 nitrogen and oxygen atoms in total. The number of carbonyl (C=O) groups is 1. The number of rotatable bonds is 5. The highest BCUT2D eigenvalue weighted by atomic mass is 16.5. The van der Waals surface area contributed by atoms with Crippen LogP contribution in [0, 0.1) is 0 Å². The number of methoxy groups -OCH3 is 1. The number of likely N-dealkylation sites (N-methyl/N-ethyl adjacent to an activating group) is 1. The Hall–Kier alpha value is -0.650. The van der Waals surface area contributed by atoms with Gasteiger partial charge in [-0.05, 0) is 7.05 Å². The molecule has 0 bridgehead atoms. The van der Waals surface area contributed by atoms with E-state index in [0.29, 0.717) is 19.6 Å². The molecule has 0 aromatic carbocycles. The molecule has 0 saturated carbocycles. The largest absolute Gasteiger partial charge is 0.464 e. The van der Waals surface area contributed by atoms with Gasteiger partial charge in [0.15, 0.2) is 0 Å². The van der Waals surface area contributed by atoms with Crippen LogP contribution in [0.1, 0.15) is 6.42 Å². The fourth-order valence-corrected chi connectivity index (χ4v) is 1.59. The average molecular weight is 203 g/mol. The lowest BCUT2D eigenvalue weighted by Gasteiger charge is -2.23. The highest BCUT2D eigenvalue weighted by molar-refractivity contribution is 5.77. The lowest BCUT2D eigenvalue weighted by Crippen LogP contribution is -2.41. The van der Waals surface area contributed by atoms with E-state index in [1.807, 2.05) is 0 Å². The quantitative estimate of drug-likeness (QED) is 0.595. The third kappa shape index (κ3) is 2.94. The van der Waals surface area contributed by atoms with E-state index < -0.39 is 6.10 Å². The predicted molar refractivity (Wildman–Crippen MR) is 49.9 cm³/mol. The Morgan fingerprint density at radius 2 is 2.50 bits per heavy atom. The Labute approximate surface area is 83.6 Å². The maximum atomic E-state index is 11.2. The second-order valence-electron chi connectivity index (χ2n) is 3.52. The minimum atomic E-state index is -0.557. The minimum Gasteiger partial charge on any atom is -0.464 e. The van der Waals surface area contributed by atoms with Crippen LogP contribution in [-0.4, -0.2) is 62.0 Å². The summed E-state index contributed by atoms with van der Waals surface area (Å²) < 4.78 is 9.64. The van der Waals surface area contributed by atoms with Gasteiger partial charge in [0, 0.05) is 20.1 Å². The van der Waals surface area contributed by atoms with Crippen LogP contribution < -0.4 is 0 Å². The summed E-state index contributed by atoms with van der Waals surface area (Å²) in [5.41, 5.74) is 0. The summed E-state index contributed by atoms with van der Waals surface area (Å²) in [4.78, 5) is 13.0. The van der Waals surface area contributed by atoms with Gasteiger partial charge in [-0.3, -0.25) is 9.69 Å². The van der Waals surface area contributed by atoms with Crippen molar-refractivity contribution >= 4 is 5.97 Å². The molecule has 1 aliphatic heterocycles. The summed E-state index contributed by atoms with van der Waals surface area (Å²) in [6.07, 6.45) is 0.146. The number of esters is 1. The molecule has 1 N–H and O–H groups in total. The summed E-state index contributed by atoms with van der Waals surface area (Å²) in [6.45, 7) is 1.19. The zero-order chi connectivity index (χ0) is 10.6. The molecule has 0 spiro atoms. The molecule has 1 aliphatic rings. The van der Waals surface area contributed by atoms with E-state index >= 15 is 0 Å². The van der Waals surface area contributed by atoms with Crippen molar-refractivity contribution in [3.05, 3.63) is 0 Å².